The maximum absolute atomic E-state index is 13.7. The number of nitrogens with zero attached hydrogens (tertiary/aromatic N) is 3. The molecule has 3 aromatic rings. The summed E-state index contributed by atoms with van der Waals surface area (Å²) in [6, 6.07) is 24.3. The highest BCUT2D eigenvalue weighted by atomic mass is 32.2. The summed E-state index contributed by atoms with van der Waals surface area (Å²) in [5.41, 5.74) is 1.59. The van der Waals surface area contributed by atoms with Crippen LogP contribution in [-0.4, -0.2) is 117 Å². The highest BCUT2D eigenvalue weighted by molar-refractivity contribution is 7.88. The van der Waals surface area contributed by atoms with E-state index in [4.69, 9.17) is 9.47 Å². The van der Waals surface area contributed by atoms with Crippen molar-refractivity contribution in [3.8, 4) is 0 Å². The summed E-state index contributed by atoms with van der Waals surface area (Å²) in [5, 5.41) is 5.77. The summed E-state index contributed by atoms with van der Waals surface area (Å²) in [4.78, 5) is 85.4. The normalized spacial score (nSPS) is 16.3. The molecule has 2 aliphatic rings. The van der Waals surface area contributed by atoms with Gasteiger partial charge in [0.25, 0.3) is 0 Å². The largest absolute Gasteiger partial charge is 0.462 e. The number of likely N-dealkylation sites (tertiary alicyclic amines) is 2. The minimum Gasteiger partial charge on any atom is -0.462 e. The first-order chi connectivity index (χ1) is 29.4. The molecular weight excluding hydrogens is 805 g/mol. The Morgan fingerprint density at radius 3 is 1.89 bits per heavy atom. The summed E-state index contributed by atoms with van der Waals surface area (Å²) in [5.74, 6) is -2.54. The van der Waals surface area contributed by atoms with Gasteiger partial charge in [-0.05, 0) is 80.7 Å². The van der Waals surface area contributed by atoms with Gasteiger partial charge in [0.2, 0.25) is 39.6 Å². The van der Waals surface area contributed by atoms with Crippen molar-refractivity contribution >= 4 is 51.6 Å². The van der Waals surface area contributed by atoms with Crippen LogP contribution in [-0.2, 0) is 45.1 Å². The Labute approximate surface area is 356 Å². The van der Waals surface area contributed by atoms with Crippen molar-refractivity contribution in [2.24, 2.45) is 10.9 Å². The van der Waals surface area contributed by atoms with Gasteiger partial charge in [0.05, 0.1) is 30.6 Å². The Balaban J connectivity index is 1.13. The monoisotopic (exact) mass is 858 g/mol. The SMILES string of the molecule is CS(=O)(=O)N[C@H](Cc1ccccc1)C(=O)N1CCC[C@H]1C(=O)NCC1CCN(/C(=N\C(=O)CCCOC(=O)c2ccccc2)NC(=O)CCCOC(=O)c2ccccc2)CC1. The maximum Gasteiger partial charge on any atom is 0.338 e. The van der Waals surface area contributed by atoms with Crippen molar-refractivity contribution in [2.45, 2.75) is 69.9 Å². The Kier molecular flexibility index (Phi) is 17.5. The van der Waals surface area contributed by atoms with Gasteiger partial charge in [-0.2, -0.15) is 4.99 Å². The summed E-state index contributed by atoms with van der Waals surface area (Å²) >= 11 is 0. The lowest BCUT2D eigenvalue weighted by Gasteiger charge is -2.34. The van der Waals surface area contributed by atoms with Gasteiger partial charge in [-0.3, -0.25) is 24.5 Å². The average molecular weight is 859 g/mol. The van der Waals surface area contributed by atoms with Crippen molar-refractivity contribution in [1.29, 1.82) is 0 Å². The van der Waals surface area contributed by atoms with E-state index in [2.05, 4.69) is 20.3 Å². The standard InChI is InChI=1S/C44H54N6O10S/c1-61(57,58)48-36(30-32-14-5-2-6-15-32)41(54)50-25-11-20-37(50)40(53)45-31-33-23-26-49(27-24-33)44(46-38(51)21-12-28-59-42(55)34-16-7-3-8-17-34)47-39(52)22-13-29-60-43(56)35-18-9-4-10-19-35/h2-10,14-19,33,36-37,48H,11-13,20-31H2,1H3,(H,45,53)(H,46,47,51,52)/t36-,37+/m1/s1. The molecule has 5 rings (SSSR count). The number of aliphatic imine (C=N–C) groups is 1. The highest BCUT2D eigenvalue weighted by Crippen LogP contribution is 2.22. The molecule has 16 nitrogen and oxygen atoms in total. The Morgan fingerprint density at radius 1 is 0.754 bits per heavy atom. The fraction of sp³-hybridized carbons (Fsp3) is 0.432. The first-order valence-electron chi connectivity index (χ1n) is 20.6. The molecule has 17 heteroatoms. The van der Waals surface area contributed by atoms with Crippen molar-refractivity contribution in [3.05, 3.63) is 108 Å². The van der Waals surface area contributed by atoms with Crippen LogP contribution in [0.15, 0.2) is 96.0 Å². The highest BCUT2D eigenvalue weighted by Gasteiger charge is 2.38. The molecule has 0 aromatic heterocycles. The Hall–Kier alpha value is -5.94. The lowest BCUT2D eigenvalue weighted by Crippen LogP contribution is -2.54. The number of carbonyl (C=O) groups is 6. The molecule has 3 N–H and O–H groups in total. The number of carbonyl (C=O) groups excluding carboxylic acids is 6. The number of rotatable bonds is 18. The van der Waals surface area contributed by atoms with E-state index in [-0.39, 0.29) is 63.1 Å². The van der Waals surface area contributed by atoms with Crippen LogP contribution in [0.3, 0.4) is 0 Å². The number of guanidine groups is 1. The predicted molar refractivity (Wildman–Crippen MR) is 226 cm³/mol. The number of nitrogens with one attached hydrogen (secondary N) is 3. The minimum absolute atomic E-state index is 0.00518. The van der Waals surface area contributed by atoms with E-state index in [0.29, 0.717) is 63.0 Å². The van der Waals surface area contributed by atoms with Crippen molar-refractivity contribution in [1.82, 2.24) is 25.2 Å². The molecule has 0 spiro atoms. The van der Waals surface area contributed by atoms with Crippen molar-refractivity contribution < 1.29 is 46.7 Å². The van der Waals surface area contributed by atoms with E-state index in [1.54, 1.807) is 65.6 Å². The maximum atomic E-state index is 13.7. The number of hydrogen-bond acceptors (Lipinski definition) is 10. The van der Waals surface area contributed by atoms with Gasteiger partial charge in [-0.25, -0.2) is 22.7 Å². The van der Waals surface area contributed by atoms with Gasteiger partial charge in [0.1, 0.15) is 12.1 Å². The molecule has 61 heavy (non-hydrogen) atoms. The van der Waals surface area contributed by atoms with Crippen LogP contribution < -0.4 is 15.4 Å². The van der Waals surface area contributed by atoms with Gasteiger partial charge >= 0.3 is 11.9 Å². The second-order valence-corrected chi connectivity index (χ2v) is 16.9. The lowest BCUT2D eigenvalue weighted by atomic mass is 9.96. The number of piperidine rings is 1. The fourth-order valence-corrected chi connectivity index (χ4v) is 7.84. The van der Waals surface area contributed by atoms with Gasteiger partial charge in [-0.15, -0.1) is 0 Å². The molecular formula is C44H54N6O10S. The smallest absolute Gasteiger partial charge is 0.338 e. The molecule has 2 saturated heterocycles. The van der Waals surface area contributed by atoms with Gasteiger partial charge in [-0.1, -0.05) is 66.7 Å². The van der Waals surface area contributed by atoms with Crippen LogP contribution in [0.2, 0.25) is 0 Å². The zero-order valence-electron chi connectivity index (χ0n) is 34.3. The van der Waals surface area contributed by atoms with Gasteiger partial charge < -0.3 is 24.6 Å². The van der Waals surface area contributed by atoms with Crippen LogP contribution >= 0.6 is 0 Å². The van der Waals surface area contributed by atoms with Crippen LogP contribution in [0.4, 0.5) is 0 Å². The van der Waals surface area contributed by atoms with E-state index in [1.807, 2.05) is 30.3 Å². The lowest BCUT2D eigenvalue weighted by molar-refractivity contribution is -0.139. The quantitative estimate of drug-likeness (QED) is 0.0732. The molecule has 3 aromatic carbocycles. The molecule has 0 unspecified atom stereocenters. The molecule has 2 atom stereocenters. The van der Waals surface area contributed by atoms with E-state index in [1.165, 1.54) is 4.90 Å². The fourth-order valence-electron chi connectivity index (χ4n) is 7.14. The molecule has 4 amide bonds. The first kappa shape index (κ1) is 46.1. The van der Waals surface area contributed by atoms with E-state index in [9.17, 15) is 37.2 Å². The Bertz CT molecular complexity index is 2100. The molecule has 2 aliphatic heterocycles. The third-order valence-electron chi connectivity index (χ3n) is 10.3. The first-order valence-corrected chi connectivity index (χ1v) is 22.5. The number of amides is 4. The summed E-state index contributed by atoms with van der Waals surface area (Å²) < 4.78 is 37.4. The Morgan fingerprint density at radius 2 is 1.31 bits per heavy atom. The van der Waals surface area contributed by atoms with E-state index >= 15 is 0 Å². The minimum atomic E-state index is -3.72. The summed E-state index contributed by atoms with van der Waals surface area (Å²) in [6.07, 6.45) is 3.83. The molecule has 2 heterocycles. The second-order valence-electron chi connectivity index (χ2n) is 15.1. The van der Waals surface area contributed by atoms with Crippen LogP contribution in [0, 0.1) is 5.92 Å². The summed E-state index contributed by atoms with van der Waals surface area (Å²) in [6.45, 7) is 1.53. The third-order valence-corrected chi connectivity index (χ3v) is 11.0. The van der Waals surface area contributed by atoms with Crippen molar-refractivity contribution in [3.63, 3.8) is 0 Å². The molecule has 326 valence electrons. The third kappa shape index (κ3) is 15.2. The van der Waals surface area contributed by atoms with E-state index < -0.39 is 51.8 Å². The number of hydrogen-bond donors (Lipinski definition) is 3. The van der Waals surface area contributed by atoms with Gasteiger partial charge in [0, 0.05) is 39.0 Å². The number of esters is 2. The van der Waals surface area contributed by atoms with E-state index in [0.717, 1.165) is 11.8 Å². The average Bonchev–Trinajstić information content (AvgIpc) is 3.76. The summed E-state index contributed by atoms with van der Waals surface area (Å²) in [7, 11) is -3.72. The van der Waals surface area contributed by atoms with Crippen LogP contribution in [0.25, 0.3) is 0 Å². The molecule has 2 fully saturated rings. The zero-order valence-corrected chi connectivity index (χ0v) is 35.1. The second kappa shape index (κ2) is 23.2. The van der Waals surface area contributed by atoms with Crippen LogP contribution in [0.5, 0.6) is 0 Å². The van der Waals surface area contributed by atoms with Gasteiger partial charge in [0.15, 0.2) is 0 Å². The van der Waals surface area contributed by atoms with Crippen molar-refractivity contribution in [2.75, 3.05) is 45.6 Å². The predicted octanol–water partition coefficient (Wildman–Crippen LogP) is 3.24. The molecule has 0 saturated carbocycles. The molecule has 0 bridgehead atoms. The molecule has 0 radical (unpaired) electrons. The van der Waals surface area contributed by atoms with Crippen LogP contribution in [0.1, 0.15) is 77.6 Å². The number of ether oxygens (including phenoxy) is 2. The topological polar surface area (TPSA) is 210 Å². The zero-order chi connectivity index (χ0) is 43.6. The molecule has 0 aliphatic carbocycles. The number of benzene rings is 3. The number of sulfonamides is 1.